The second-order valence-electron chi connectivity index (χ2n) is 6.43. The van der Waals surface area contributed by atoms with Crippen LogP contribution < -0.4 is 5.32 Å². The van der Waals surface area contributed by atoms with E-state index >= 15 is 0 Å². The Morgan fingerprint density at radius 1 is 1.03 bits per heavy atom. The molecular weight excluding hydrogens is 374 g/mol. The summed E-state index contributed by atoms with van der Waals surface area (Å²) in [6.45, 7) is 3.84. The molecule has 2 heterocycles. The molecule has 3 aromatic rings. The summed E-state index contributed by atoms with van der Waals surface area (Å²) in [5.41, 5.74) is 3.19. The lowest BCUT2D eigenvalue weighted by Gasteiger charge is -2.10. The number of benzene rings is 1. The van der Waals surface area contributed by atoms with Gasteiger partial charge in [-0.2, -0.15) is 0 Å². The number of carbonyl (C=O) groups is 3. The number of carbonyl (C=O) groups excluding carboxylic acids is 3. The average Bonchev–Trinajstić information content (AvgIpc) is 3.09. The molecule has 0 unspecified atom stereocenters. The largest absolute Gasteiger partial charge is 0.465 e. The van der Waals surface area contributed by atoms with Crippen LogP contribution in [-0.2, 0) is 15.9 Å². The van der Waals surface area contributed by atoms with E-state index in [9.17, 15) is 14.4 Å². The molecule has 0 saturated heterocycles. The van der Waals surface area contributed by atoms with E-state index in [1.807, 2.05) is 32.2 Å². The molecule has 0 saturated carbocycles. The Morgan fingerprint density at radius 2 is 1.66 bits per heavy atom. The summed E-state index contributed by atoms with van der Waals surface area (Å²) < 4.78 is 11.2. The van der Waals surface area contributed by atoms with Crippen molar-refractivity contribution >= 4 is 29.2 Å². The van der Waals surface area contributed by atoms with Crippen molar-refractivity contribution in [3.8, 4) is 0 Å². The molecule has 2 aromatic heterocycles. The Morgan fingerprint density at radius 3 is 2.21 bits per heavy atom. The number of imidazole rings is 1. The minimum Gasteiger partial charge on any atom is -0.465 e. The highest BCUT2D eigenvalue weighted by Gasteiger charge is 2.20. The number of anilines is 1. The fourth-order valence-electron chi connectivity index (χ4n) is 3.05. The topological polar surface area (TPSA) is 99.0 Å². The van der Waals surface area contributed by atoms with E-state index in [2.05, 4.69) is 10.3 Å². The molecule has 1 aromatic carbocycles. The molecule has 1 amide bonds. The summed E-state index contributed by atoms with van der Waals surface area (Å²) in [6, 6.07) is 8.00. The summed E-state index contributed by atoms with van der Waals surface area (Å²) >= 11 is 0. The van der Waals surface area contributed by atoms with E-state index in [-0.39, 0.29) is 16.8 Å². The number of aromatic nitrogens is 2. The maximum Gasteiger partial charge on any atom is 0.337 e. The zero-order valence-corrected chi connectivity index (χ0v) is 16.6. The summed E-state index contributed by atoms with van der Waals surface area (Å²) in [7, 11) is 2.47. The van der Waals surface area contributed by atoms with Crippen LogP contribution >= 0.6 is 0 Å². The first-order valence-corrected chi connectivity index (χ1v) is 8.98. The number of nitrogens with zero attached hydrogens (tertiary/aromatic N) is 2. The Balaban J connectivity index is 2.05. The summed E-state index contributed by atoms with van der Waals surface area (Å²) in [5, 5.41) is 2.75. The maximum absolute atomic E-state index is 13.1. The van der Waals surface area contributed by atoms with Crippen molar-refractivity contribution in [3.63, 3.8) is 0 Å². The van der Waals surface area contributed by atoms with Crippen LogP contribution in [0.15, 0.2) is 36.5 Å². The van der Waals surface area contributed by atoms with Crippen molar-refractivity contribution in [3.05, 3.63) is 64.6 Å². The van der Waals surface area contributed by atoms with E-state index in [0.29, 0.717) is 23.5 Å². The fraction of sp³-hybridized carbons (Fsp3) is 0.238. The van der Waals surface area contributed by atoms with Crippen LogP contribution in [0, 0.1) is 6.92 Å². The zero-order valence-electron chi connectivity index (χ0n) is 16.6. The third kappa shape index (κ3) is 3.96. The van der Waals surface area contributed by atoms with Gasteiger partial charge in [0.05, 0.1) is 31.0 Å². The molecule has 1 N–H and O–H groups in total. The van der Waals surface area contributed by atoms with Gasteiger partial charge in [-0.3, -0.25) is 9.20 Å². The number of amides is 1. The minimum atomic E-state index is -0.633. The number of nitrogens with one attached hydrogen (secondary N) is 1. The number of esters is 2. The SMILES string of the molecule is CCc1nc2ccc(C)cn2c1C(=O)Nc1cc(C(=O)OC)cc(C(=O)OC)c1. The Hall–Kier alpha value is -3.68. The monoisotopic (exact) mass is 395 g/mol. The lowest BCUT2D eigenvalue weighted by molar-refractivity contribution is 0.0599. The van der Waals surface area contributed by atoms with Gasteiger partial charge in [0.1, 0.15) is 11.3 Å². The Labute approximate surface area is 167 Å². The molecule has 0 aliphatic rings. The van der Waals surface area contributed by atoms with Crippen LogP contribution in [0.2, 0.25) is 0 Å². The third-order valence-electron chi connectivity index (χ3n) is 4.42. The summed E-state index contributed by atoms with van der Waals surface area (Å²) in [4.78, 5) is 41.5. The molecule has 29 heavy (non-hydrogen) atoms. The number of fused-ring (bicyclic) bond motifs is 1. The molecule has 150 valence electrons. The lowest BCUT2D eigenvalue weighted by atomic mass is 10.1. The van der Waals surface area contributed by atoms with Crippen LogP contribution in [0.5, 0.6) is 0 Å². The van der Waals surface area contributed by atoms with Crippen LogP contribution in [0.3, 0.4) is 0 Å². The van der Waals surface area contributed by atoms with Crippen molar-refractivity contribution in [1.29, 1.82) is 0 Å². The number of ether oxygens (including phenoxy) is 2. The van der Waals surface area contributed by atoms with E-state index in [1.54, 1.807) is 4.40 Å². The molecule has 3 rings (SSSR count). The van der Waals surface area contributed by atoms with Gasteiger partial charge in [0.2, 0.25) is 0 Å². The first-order chi connectivity index (χ1) is 13.9. The van der Waals surface area contributed by atoms with Crippen LogP contribution in [0.4, 0.5) is 5.69 Å². The van der Waals surface area contributed by atoms with Crippen molar-refractivity contribution in [2.75, 3.05) is 19.5 Å². The highest BCUT2D eigenvalue weighted by Crippen LogP contribution is 2.20. The van der Waals surface area contributed by atoms with Crippen LogP contribution in [-0.4, -0.2) is 41.5 Å². The van der Waals surface area contributed by atoms with Crippen molar-refractivity contribution in [1.82, 2.24) is 9.38 Å². The number of hydrogen-bond acceptors (Lipinski definition) is 6. The van der Waals surface area contributed by atoms with Gasteiger partial charge in [-0.25, -0.2) is 14.6 Å². The molecule has 0 bridgehead atoms. The van der Waals surface area contributed by atoms with E-state index in [1.165, 1.54) is 32.4 Å². The highest BCUT2D eigenvalue weighted by molar-refractivity contribution is 6.06. The van der Waals surface area contributed by atoms with Gasteiger partial charge in [-0.1, -0.05) is 13.0 Å². The van der Waals surface area contributed by atoms with Gasteiger partial charge in [0.15, 0.2) is 0 Å². The smallest absolute Gasteiger partial charge is 0.337 e. The second-order valence-corrected chi connectivity index (χ2v) is 6.43. The van der Waals surface area contributed by atoms with Gasteiger partial charge in [-0.15, -0.1) is 0 Å². The van der Waals surface area contributed by atoms with Gasteiger partial charge >= 0.3 is 11.9 Å². The van der Waals surface area contributed by atoms with Crippen molar-refractivity contribution in [2.45, 2.75) is 20.3 Å². The molecule has 8 heteroatoms. The van der Waals surface area contributed by atoms with E-state index in [4.69, 9.17) is 9.47 Å². The normalized spacial score (nSPS) is 10.6. The number of aryl methyl sites for hydroxylation is 2. The van der Waals surface area contributed by atoms with Gasteiger partial charge in [0, 0.05) is 11.9 Å². The Bertz CT molecular complexity index is 1080. The first-order valence-electron chi connectivity index (χ1n) is 8.98. The van der Waals surface area contributed by atoms with E-state index < -0.39 is 17.8 Å². The zero-order chi connectivity index (χ0) is 21.1. The molecule has 0 aliphatic carbocycles. The minimum absolute atomic E-state index is 0.121. The third-order valence-corrected chi connectivity index (χ3v) is 4.42. The molecule has 0 atom stereocenters. The number of rotatable bonds is 5. The molecule has 0 radical (unpaired) electrons. The maximum atomic E-state index is 13.1. The van der Waals surface area contributed by atoms with Crippen LogP contribution in [0.25, 0.3) is 5.65 Å². The fourth-order valence-corrected chi connectivity index (χ4v) is 3.05. The summed E-state index contributed by atoms with van der Waals surface area (Å²) in [5.74, 6) is -1.67. The van der Waals surface area contributed by atoms with Crippen molar-refractivity contribution in [2.24, 2.45) is 0 Å². The van der Waals surface area contributed by atoms with E-state index in [0.717, 1.165) is 5.56 Å². The van der Waals surface area contributed by atoms with Crippen molar-refractivity contribution < 1.29 is 23.9 Å². The molecular formula is C21H21N3O5. The predicted octanol–water partition coefficient (Wildman–Crippen LogP) is 3.03. The van der Waals surface area contributed by atoms with Gasteiger partial charge in [-0.05, 0) is 43.2 Å². The molecule has 0 fully saturated rings. The highest BCUT2D eigenvalue weighted by atomic mass is 16.5. The summed E-state index contributed by atoms with van der Waals surface area (Å²) in [6.07, 6.45) is 2.40. The molecule has 0 aliphatic heterocycles. The quantitative estimate of drug-likeness (QED) is 0.667. The molecule has 0 spiro atoms. The lowest BCUT2D eigenvalue weighted by Crippen LogP contribution is -2.17. The second kappa shape index (κ2) is 8.14. The van der Waals surface area contributed by atoms with Crippen LogP contribution in [0.1, 0.15) is 49.4 Å². The molecule has 8 nitrogen and oxygen atoms in total. The number of hydrogen-bond donors (Lipinski definition) is 1. The van der Waals surface area contributed by atoms with Gasteiger partial charge < -0.3 is 14.8 Å². The number of pyridine rings is 1. The number of methoxy groups -OCH3 is 2. The Kier molecular flexibility index (Phi) is 5.63. The standard InChI is InChI=1S/C21H21N3O5/c1-5-16-18(24-11-12(2)6-7-17(24)23-16)19(25)22-15-9-13(20(26)28-3)8-14(10-15)21(27)29-4/h6-11H,5H2,1-4H3,(H,22,25). The average molecular weight is 395 g/mol. The van der Waals surface area contributed by atoms with Gasteiger partial charge in [0.25, 0.3) is 5.91 Å². The first kappa shape index (κ1) is 20.1. The predicted molar refractivity (Wildman–Crippen MR) is 106 cm³/mol.